The zero-order valence-corrected chi connectivity index (χ0v) is 8.26. The number of hydrogen-bond acceptors (Lipinski definition) is 2. The van der Waals surface area contributed by atoms with Crippen LogP contribution in [-0.4, -0.2) is 10.5 Å². The summed E-state index contributed by atoms with van der Waals surface area (Å²) in [7, 11) is 0. The van der Waals surface area contributed by atoms with E-state index < -0.39 is 0 Å². The Labute approximate surface area is 79.4 Å². The molecule has 13 heavy (non-hydrogen) atoms. The van der Waals surface area contributed by atoms with Gasteiger partial charge >= 0.3 is 0 Å². The van der Waals surface area contributed by atoms with E-state index in [0.29, 0.717) is 0 Å². The molecule has 0 saturated heterocycles. The Bertz CT molecular complexity index is 334. The summed E-state index contributed by atoms with van der Waals surface area (Å²) in [5.74, 6) is 2.68. The fraction of sp³-hybridized carbons (Fsp3) is 0.364. The van der Waals surface area contributed by atoms with Gasteiger partial charge in [-0.2, -0.15) is 0 Å². The van der Waals surface area contributed by atoms with Gasteiger partial charge < -0.3 is 5.32 Å². The van der Waals surface area contributed by atoms with E-state index in [-0.39, 0.29) is 5.54 Å². The Morgan fingerprint density at radius 2 is 2.23 bits per heavy atom. The Balaban J connectivity index is 2.82. The van der Waals surface area contributed by atoms with Gasteiger partial charge in [-0.05, 0) is 32.9 Å². The average Bonchev–Trinajstić information content (AvgIpc) is 2.03. The number of aryl methyl sites for hydroxylation is 1. The molecule has 2 heteroatoms. The third kappa shape index (κ3) is 2.79. The molecule has 0 saturated carbocycles. The van der Waals surface area contributed by atoms with Crippen molar-refractivity contribution in [3.63, 3.8) is 0 Å². The molecule has 0 aliphatic carbocycles. The second-order valence-corrected chi connectivity index (χ2v) is 3.58. The van der Waals surface area contributed by atoms with Gasteiger partial charge in [0.1, 0.15) is 0 Å². The van der Waals surface area contributed by atoms with Crippen molar-refractivity contribution in [1.29, 1.82) is 0 Å². The van der Waals surface area contributed by atoms with Gasteiger partial charge in [-0.1, -0.05) is 5.92 Å². The molecular weight excluding hydrogens is 160 g/mol. The van der Waals surface area contributed by atoms with Crippen LogP contribution in [0, 0.1) is 19.3 Å². The number of pyridine rings is 1. The van der Waals surface area contributed by atoms with Crippen molar-refractivity contribution in [3.8, 4) is 12.3 Å². The smallest absolute Gasteiger partial charge is 0.0927 e. The highest BCUT2D eigenvalue weighted by Crippen LogP contribution is 2.13. The first-order valence-corrected chi connectivity index (χ1v) is 4.22. The van der Waals surface area contributed by atoms with Crippen molar-refractivity contribution in [2.75, 3.05) is 5.32 Å². The first-order valence-electron chi connectivity index (χ1n) is 4.22. The van der Waals surface area contributed by atoms with Gasteiger partial charge in [0.25, 0.3) is 0 Å². The van der Waals surface area contributed by atoms with Gasteiger partial charge in [0.2, 0.25) is 0 Å². The van der Waals surface area contributed by atoms with Crippen molar-refractivity contribution in [2.24, 2.45) is 0 Å². The third-order valence-electron chi connectivity index (χ3n) is 1.71. The number of aromatic nitrogens is 1. The molecule has 0 bridgehead atoms. The van der Waals surface area contributed by atoms with Crippen molar-refractivity contribution >= 4 is 5.69 Å². The summed E-state index contributed by atoms with van der Waals surface area (Å²) in [5.41, 5.74) is 1.68. The number of hydrogen-bond donors (Lipinski definition) is 1. The molecule has 68 valence electrons. The SMILES string of the molecule is C#CC(C)(C)Nc1ccnc(C)c1. The molecule has 0 spiro atoms. The molecule has 0 atom stereocenters. The lowest BCUT2D eigenvalue weighted by Crippen LogP contribution is -2.28. The molecule has 0 aliphatic heterocycles. The Hall–Kier alpha value is -1.49. The lowest BCUT2D eigenvalue weighted by Gasteiger charge is -2.21. The van der Waals surface area contributed by atoms with Crippen LogP contribution in [0.25, 0.3) is 0 Å². The predicted molar refractivity (Wildman–Crippen MR) is 55.5 cm³/mol. The summed E-state index contributed by atoms with van der Waals surface area (Å²) < 4.78 is 0. The van der Waals surface area contributed by atoms with Gasteiger partial charge in [0.05, 0.1) is 5.54 Å². The van der Waals surface area contributed by atoms with E-state index in [1.54, 1.807) is 6.20 Å². The molecule has 0 fully saturated rings. The van der Waals surface area contributed by atoms with Crippen LogP contribution >= 0.6 is 0 Å². The second kappa shape index (κ2) is 3.49. The number of nitrogens with one attached hydrogen (secondary N) is 1. The zero-order chi connectivity index (χ0) is 9.90. The zero-order valence-electron chi connectivity index (χ0n) is 8.26. The normalized spacial score (nSPS) is 10.6. The first kappa shape index (κ1) is 9.60. The Morgan fingerprint density at radius 1 is 1.54 bits per heavy atom. The molecule has 1 aromatic rings. The summed E-state index contributed by atoms with van der Waals surface area (Å²) in [5, 5.41) is 3.23. The van der Waals surface area contributed by atoms with Gasteiger partial charge in [0.15, 0.2) is 0 Å². The minimum Gasteiger partial charge on any atom is -0.369 e. The molecule has 0 radical (unpaired) electrons. The maximum absolute atomic E-state index is 5.36. The average molecular weight is 174 g/mol. The van der Waals surface area contributed by atoms with Crippen LogP contribution in [0.4, 0.5) is 5.69 Å². The highest BCUT2D eigenvalue weighted by Gasteiger charge is 2.12. The quantitative estimate of drug-likeness (QED) is 0.695. The van der Waals surface area contributed by atoms with E-state index in [1.807, 2.05) is 32.9 Å². The van der Waals surface area contributed by atoms with Gasteiger partial charge in [-0.3, -0.25) is 4.98 Å². The second-order valence-electron chi connectivity index (χ2n) is 3.58. The van der Waals surface area contributed by atoms with Crippen LogP contribution in [0.2, 0.25) is 0 Å². The molecule has 0 aliphatic rings. The molecule has 1 heterocycles. The fourth-order valence-corrected chi connectivity index (χ4v) is 1.02. The van der Waals surface area contributed by atoms with Crippen LogP contribution in [0.15, 0.2) is 18.3 Å². The number of anilines is 1. The standard InChI is InChI=1S/C11H14N2/c1-5-11(3,4)13-10-6-7-12-9(2)8-10/h1,6-8H,2-4H3,(H,12,13). The maximum atomic E-state index is 5.36. The number of terminal acetylenes is 1. The summed E-state index contributed by atoms with van der Waals surface area (Å²) >= 11 is 0. The summed E-state index contributed by atoms with van der Waals surface area (Å²) in [6.07, 6.45) is 7.13. The predicted octanol–water partition coefficient (Wildman–Crippen LogP) is 2.21. The van der Waals surface area contributed by atoms with E-state index in [2.05, 4.69) is 16.2 Å². The monoisotopic (exact) mass is 174 g/mol. The largest absolute Gasteiger partial charge is 0.369 e. The van der Waals surface area contributed by atoms with Crippen molar-refractivity contribution in [2.45, 2.75) is 26.3 Å². The molecule has 0 aromatic carbocycles. The van der Waals surface area contributed by atoms with Crippen LogP contribution in [0.3, 0.4) is 0 Å². The van der Waals surface area contributed by atoms with Crippen LogP contribution in [0.1, 0.15) is 19.5 Å². The molecule has 0 amide bonds. The van der Waals surface area contributed by atoms with E-state index in [4.69, 9.17) is 6.42 Å². The highest BCUT2D eigenvalue weighted by atomic mass is 15.0. The molecule has 1 rings (SSSR count). The van der Waals surface area contributed by atoms with Crippen LogP contribution in [0.5, 0.6) is 0 Å². The highest BCUT2D eigenvalue weighted by molar-refractivity contribution is 5.47. The summed E-state index contributed by atoms with van der Waals surface area (Å²) in [6, 6.07) is 3.88. The molecule has 1 N–H and O–H groups in total. The molecule has 0 unspecified atom stereocenters. The fourth-order valence-electron chi connectivity index (χ4n) is 1.02. The number of nitrogens with zero attached hydrogens (tertiary/aromatic N) is 1. The van der Waals surface area contributed by atoms with Crippen LogP contribution < -0.4 is 5.32 Å². The summed E-state index contributed by atoms with van der Waals surface area (Å²) in [6.45, 7) is 5.87. The van der Waals surface area contributed by atoms with Gasteiger partial charge in [-0.25, -0.2) is 0 Å². The van der Waals surface area contributed by atoms with E-state index in [1.165, 1.54) is 0 Å². The maximum Gasteiger partial charge on any atom is 0.0927 e. The topological polar surface area (TPSA) is 24.9 Å². The van der Waals surface area contributed by atoms with Crippen molar-refractivity contribution in [1.82, 2.24) is 4.98 Å². The molecular formula is C11H14N2. The molecule has 1 aromatic heterocycles. The Kier molecular flexibility index (Phi) is 2.57. The number of rotatable bonds is 2. The lowest BCUT2D eigenvalue weighted by molar-refractivity contribution is 0.741. The van der Waals surface area contributed by atoms with E-state index in [9.17, 15) is 0 Å². The van der Waals surface area contributed by atoms with E-state index >= 15 is 0 Å². The van der Waals surface area contributed by atoms with E-state index in [0.717, 1.165) is 11.4 Å². The van der Waals surface area contributed by atoms with Gasteiger partial charge in [0, 0.05) is 17.6 Å². The third-order valence-corrected chi connectivity index (χ3v) is 1.71. The van der Waals surface area contributed by atoms with Crippen LogP contribution in [-0.2, 0) is 0 Å². The van der Waals surface area contributed by atoms with Crippen molar-refractivity contribution in [3.05, 3.63) is 24.0 Å². The molecule has 2 nitrogen and oxygen atoms in total. The van der Waals surface area contributed by atoms with Crippen molar-refractivity contribution < 1.29 is 0 Å². The summed E-state index contributed by atoms with van der Waals surface area (Å²) in [4.78, 5) is 4.10. The minimum atomic E-state index is -0.312. The minimum absolute atomic E-state index is 0.312. The van der Waals surface area contributed by atoms with Gasteiger partial charge in [-0.15, -0.1) is 6.42 Å². The first-order chi connectivity index (χ1) is 6.03. The lowest BCUT2D eigenvalue weighted by atomic mass is 10.1. The Morgan fingerprint density at radius 3 is 2.77 bits per heavy atom.